The molecule has 1 aliphatic rings. The Balaban J connectivity index is 1.55. The molecule has 32 heavy (non-hydrogen) atoms. The first-order valence-electron chi connectivity index (χ1n) is 11.5. The standard InChI is InChI=1S/C28H32ClN3/c1-4-5-27(32-16-14-22(15-17-32)21-8-11-25(29)12-9-21)23-7-6-20(2)26(18-23)24-10-13-28(30-3)31-19-24/h5-13,18-19,22H,4,14-17H2,1-3H3,(H,30,31). The molecule has 0 aliphatic carbocycles. The molecule has 3 aromatic rings. The molecule has 0 unspecified atom stereocenters. The largest absolute Gasteiger partial charge is 0.373 e. The number of nitrogens with one attached hydrogen (secondary N) is 1. The van der Waals surface area contributed by atoms with Crippen LogP contribution in [0, 0.1) is 6.92 Å². The highest BCUT2D eigenvalue weighted by molar-refractivity contribution is 6.30. The van der Waals surface area contributed by atoms with Crippen molar-refractivity contribution < 1.29 is 0 Å². The maximum absolute atomic E-state index is 6.08. The lowest BCUT2D eigenvalue weighted by Gasteiger charge is -2.36. The van der Waals surface area contributed by atoms with E-state index in [0.717, 1.165) is 48.8 Å². The summed E-state index contributed by atoms with van der Waals surface area (Å²) in [6.45, 7) is 6.53. The number of aryl methyl sites for hydroxylation is 1. The van der Waals surface area contributed by atoms with E-state index in [1.807, 2.05) is 31.4 Å². The van der Waals surface area contributed by atoms with Crippen molar-refractivity contribution in [2.75, 3.05) is 25.5 Å². The molecule has 1 N–H and O–H groups in total. The van der Waals surface area contributed by atoms with Crippen molar-refractivity contribution >= 4 is 23.1 Å². The van der Waals surface area contributed by atoms with Crippen LogP contribution in [0.1, 0.15) is 48.8 Å². The Labute approximate surface area is 197 Å². The summed E-state index contributed by atoms with van der Waals surface area (Å²) in [6, 6.07) is 19.4. The van der Waals surface area contributed by atoms with Crippen molar-refractivity contribution in [2.45, 2.75) is 39.0 Å². The van der Waals surface area contributed by atoms with E-state index in [0.29, 0.717) is 5.92 Å². The molecule has 0 radical (unpaired) electrons. The number of halogens is 1. The molecule has 1 fully saturated rings. The molecule has 1 aliphatic heterocycles. The Morgan fingerprint density at radius 1 is 1.09 bits per heavy atom. The molecule has 2 heterocycles. The molecule has 0 spiro atoms. The van der Waals surface area contributed by atoms with Gasteiger partial charge in [0.05, 0.1) is 0 Å². The Kier molecular flexibility index (Phi) is 7.16. The molecular weight excluding hydrogens is 414 g/mol. The molecule has 2 aromatic carbocycles. The number of nitrogens with zero attached hydrogens (tertiary/aromatic N) is 2. The van der Waals surface area contributed by atoms with Crippen LogP contribution < -0.4 is 5.32 Å². The number of anilines is 1. The summed E-state index contributed by atoms with van der Waals surface area (Å²) in [5, 5.41) is 3.90. The van der Waals surface area contributed by atoms with E-state index in [2.05, 4.69) is 71.5 Å². The van der Waals surface area contributed by atoms with Crippen molar-refractivity contribution in [3.63, 3.8) is 0 Å². The van der Waals surface area contributed by atoms with Crippen molar-refractivity contribution in [1.29, 1.82) is 0 Å². The van der Waals surface area contributed by atoms with Gasteiger partial charge in [0.2, 0.25) is 0 Å². The molecule has 1 aromatic heterocycles. The molecule has 0 saturated carbocycles. The summed E-state index contributed by atoms with van der Waals surface area (Å²) in [7, 11) is 1.89. The Morgan fingerprint density at radius 2 is 1.84 bits per heavy atom. The highest BCUT2D eigenvalue weighted by Crippen LogP contribution is 2.34. The molecule has 0 amide bonds. The predicted octanol–water partition coefficient (Wildman–Crippen LogP) is 7.38. The molecular formula is C28H32ClN3. The number of pyridine rings is 1. The average Bonchev–Trinajstić information content (AvgIpc) is 2.84. The summed E-state index contributed by atoms with van der Waals surface area (Å²) in [6.07, 6.45) is 7.68. The van der Waals surface area contributed by atoms with Gasteiger partial charge in [0, 0.05) is 42.6 Å². The minimum absolute atomic E-state index is 0.608. The zero-order valence-electron chi connectivity index (χ0n) is 19.2. The van der Waals surface area contributed by atoms with E-state index in [-0.39, 0.29) is 0 Å². The minimum atomic E-state index is 0.608. The SMILES string of the molecule is CCC=C(c1ccc(C)c(-c2ccc(NC)nc2)c1)N1CCC(c2ccc(Cl)cc2)CC1. The van der Waals surface area contributed by atoms with Gasteiger partial charge in [-0.15, -0.1) is 0 Å². The third-order valence-corrected chi connectivity index (χ3v) is 6.69. The summed E-state index contributed by atoms with van der Waals surface area (Å²) in [5.41, 5.74) is 7.71. The molecule has 166 valence electrons. The van der Waals surface area contributed by atoms with Gasteiger partial charge in [0.1, 0.15) is 5.82 Å². The average molecular weight is 446 g/mol. The Bertz CT molecular complexity index is 1060. The first kappa shape index (κ1) is 22.4. The first-order valence-corrected chi connectivity index (χ1v) is 11.9. The number of allylic oxidation sites excluding steroid dienone is 1. The van der Waals surface area contributed by atoms with Gasteiger partial charge in [-0.2, -0.15) is 0 Å². The number of piperidine rings is 1. The van der Waals surface area contributed by atoms with E-state index in [1.54, 1.807) is 0 Å². The normalized spacial score (nSPS) is 15.1. The second-order valence-corrected chi connectivity index (χ2v) is 8.96. The van der Waals surface area contributed by atoms with Gasteiger partial charge in [0.15, 0.2) is 0 Å². The maximum atomic E-state index is 6.08. The maximum Gasteiger partial charge on any atom is 0.125 e. The highest BCUT2D eigenvalue weighted by atomic mass is 35.5. The summed E-state index contributed by atoms with van der Waals surface area (Å²) >= 11 is 6.08. The van der Waals surface area contributed by atoms with Crippen LogP contribution in [0.15, 0.2) is 66.9 Å². The van der Waals surface area contributed by atoms with E-state index in [4.69, 9.17) is 11.6 Å². The van der Waals surface area contributed by atoms with Crippen LogP contribution in [0.4, 0.5) is 5.82 Å². The molecule has 0 bridgehead atoms. The smallest absolute Gasteiger partial charge is 0.125 e. The van der Waals surface area contributed by atoms with Gasteiger partial charge < -0.3 is 10.2 Å². The molecule has 1 saturated heterocycles. The lowest BCUT2D eigenvalue weighted by molar-refractivity contribution is 0.298. The van der Waals surface area contributed by atoms with Gasteiger partial charge in [0.25, 0.3) is 0 Å². The van der Waals surface area contributed by atoms with Crippen LogP contribution in [0.3, 0.4) is 0 Å². The lowest BCUT2D eigenvalue weighted by atomic mass is 9.88. The number of benzene rings is 2. The molecule has 4 heteroatoms. The van der Waals surface area contributed by atoms with Crippen LogP contribution >= 0.6 is 11.6 Å². The third kappa shape index (κ3) is 4.99. The van der Waals surface area contributed by atoms with Crippen molar-refractivity contribution in [3.8, 4) is 11.1 Å². The number of hydrogen-bond acceptors (Lipinski definition) is 3. The minimum Gasteiger partial charge on any atom is -0.373 e. The fraction of sp³-hybridized carbons (Fsp3) is 0.321. The molecule has 3 nitrogen and oxygen atoms in total. The fourth-order valence-corrected chi connectivity index (χ4v) is 4.73. The topological polar surface area (TPSA) is 28.2 Å². The first-order chi connectivity index (χ1) is 15.6. The van der Waals surface area contributed by atoms with Crippen molar-refractivity contribution in [2.24, 2.45) is 0 Å². The van der Waals surface area contributed by atoms with Crippen molar-refractivity contribution in [3.05, 3.63) is 88.6 Å². The predicted molar refractivity (Wildman–Crippen MR) is 137 cm³/mol. The van der Waals surface area contributed by atoms with Gasteiger partial charge in [-0.3, -0.25) is 0 Å². The van der Waals surface area contributed by atoms with E-state index in [1.165, 1.54) is 28.0 Å². The van der Waals surface area contributed by atoms with Gasteiger partial charge in [-0.1, -0.05) is 48.9 Å². The number of hydrogen-bond donors (Lipinski definition) is 1. The van der Waals surface area contributed by atoms with E-state index >= 15 is 0 Å². The second-order valence-electron chi connectivity index (χ2n) is 8.52. The van der Waals surface area contributed by atoms with Gasteiger partial charge in [-0.05, 0) is 84.7 Å². The second kappa shape index (κ2) is 10.2. The fourth-order valence-electron chi connectivity index (χ4n) is 4.60. The zero-order chi connectivity index (χ0) is 22.5. The van der Waals surface area contributed by atoms with Crippen LogP contribution in [-0.4, -0.2) is 30.0 Å². The quantitative estimate of drug-likeness (QED) is 0.428. The zero-order valence-corrected chi connectivity index (χ0v) is 20.0. The Hall–Kier alpha value is -2.78. The van der Waals surface area contributed by atoms with Gasteiger partial charge in [-0.25, -0.2) is 4.98 Å². The van der Waals surface area contributed by atoms with Gasteiger partial charge >= 0.3 is 0 Å². The number of likely N-dealkylation sites (tertiary alicyclic amines) is 1. The number of rotatable bonds is 6. The lowest BCUT2D eigenvalue weighted by Crippen LogP contribution is -2.31. The van der Waals surface area contributed by atoms with Crippen LogP contribution in [0.2, 0.25) is 5.02 Å². The molecule has 4 rings (SSSR count). The summed E-state index contributed by atoms with van der Waals surface area (Å²) < 4.78 is 0. The van der Waals surface area contributed by atoms with Crippen LogP contribution in [0.5, 0.6) is 0 Å². The monoisotopic (exact) mass is 445 g/mol. The summed E-state index contributed by atoms with van der Waals surface area (Å²) in [4.78, 5) is 7.08. The van der Waals surface area contributed by atoms with E-state index in [9.17, 15) is 0 Å². The Morgan fingerprint density at radius 3 is 2.47 bits per heavy atom. The number of aromatic nitrogens is 1. The summed E-state index contributed by atoms with van der Waals surface area (Å²) in [5.74, 6) is 1.49. The van der Waals surface area contributed by atoms with Crippen molar-refractivity contribution in [1.82, 2.24) is 9.88 Å². The highest BCUT2D eigenvalue weighted by Gasteiger charge is 2.23. The van der Waals surface area contributed by atoms with E-state index < -0.39 is 0 Å². The van der Waals surface area contributed by atoms with Crippen LogP contribution in [-0.2, 0) is 0 Å². The third-order valence-electron chi connectivity index (χ3n) is 6.44. The van der Waals surface area contributed by atoms with Crippen LogP contribution in [0.25, 0.3) is 16.8 Å². The molecule has 0 atom stereocenters.